The largest absolute Gasteiger partial charge is 0.416 e. The standard InChI is InChI=1S/C16H11ClF3N3O/c17-12-5-6-14-21-7-8-23(14)13(12)9-15(24)22-11-3-1-10(2-4-11)16(18,19)20/h1-8H,9H2,(H,22,24). The first-order valence-corrected chi connectivity index (χ1v) is 7.30. The molecule has 1 N–H and O–H groups in total. The number of nitrogens with one attached hydrogen (secondary N) is 1. The Morgan fingerprint density at radius 2 is 1.88 bits per heavy atom. The molecule has 2 heterocycles. The predicted octanol–water partition coefficient (Wildman–Crippen LogP) is 4.19. The van der Waals surface area contributed by atoms with Crippen LogP contribution in [0.3, 0.4) is 0 Å². The van der Waals surface area contributed by atoms with Gasteiger partial charge >= 0.3 is 6.18 Å². The van der Waals surface area contributed by atoms with Gasteiger partial charge < -0.3 is 9.72 Å². The lowest BCUT2D eigenvalue weighted by atomic mass is 10.2. The van der Waals surface area contributed by atoms with Gasteiger partial charge in [0.1, 0.15) is 5.65 Å². The number of rotatable bonds is 3. The van der Waals surface area contributed by atoms with Crippen LogP contribution in [0.4, 0.5) is 18.9 Å². The highest BCUT2D eigenvalue weighted by Gasteiger charge is 2.30. The Hall–Kier alpha value is -2.54. The number of nitrogens with zero attached hydrogens (tertiary/aromatic N) is 2. The summed E-state index contributed by atoms with van der Waals surface area (Å²) in [5.41, 5.74) is 0.710. The van der Waals surface area contributed by atoms with Crippen molar-refractivity contribution in [3.8, 4) is 0 Å². The van der Waals surface area contributed by atoms with E-state index in [0.29, 0.717) is 16.4 Å². The van der Waals surface area contributed by atoms with Crippen molar-refractivity contribution in [3.05, 3.63) is 65.1 Å². The van der Waals surface area contributed by atoms with Gasteiger partial charge in [-0.25, -0.2) is 4.98 Å². The Bertz CT molecular complexity index is 888. The number of hydrogen-bond donors (Lipinski definition) is 1. The number of carbonyl (C=O) groups is 1. The third-order valence-electron chi connectivity index (χ3n) is 3.44. The molecule has 3 rings (SSSR count). The molecule has 0 saturated heterocycles. The van der Waals surface area contributed by atoms with Crippen molar-refractivity contribution < 1.29 is 18.0 Å². The van der Waals surface area contributed by atoms with Gasteiger partial charge in [-0.15, -0.1) is 0 Å². The van der Waals surface area contributed by atoms with Crippen LogP contribution in [0.2, 0.25) is 5.02 Å². The van der Waals surface area contributed by atoms with E-state index in [1.54, 1.807) is 28.9 Å². The van der Waals surface area contributed by atoms with Crippen LogP contribution in [0.5, 0.6) is 0 Å². The molecule has 124 valence electrons. The van der Waals surface area contributed by atoms with Crippen LogP contribution in [0.1, 0.15) is 11.3 Å². The van der Waals surface area contributed by atoms with E-state index in [2.05, 4.69) is 10.3 Å². The molecule has 0 aliphatic carbocycles. The van der Waals surface area contributed by atoms with E-state index in [0.717, 1.165) is 12.1 Å². The maximum Gasteiger partial charge on any atom is 0.416 e. The molecule has 24 heavy (non-hydrogen) atoms. The molecule has 8 heteroatoms. The molecule has 2 aromatic heterocycles. The Balaban J connectivity index is 1.76. The summed E-state index contributed by atoms with van der Waals surface area (Å²) in [6, 6.07) is 7.61. The van der Waals surface area contributed by atoms with Gasteiger partial charge in [0.15, 0.2) is 0 Å². The molecule has 1 amide bonds. The van der Waals surface area contributed by atoms with E-state index in [9.17, 15) is 18.0 Å². The first kappa shape index (κ1) is 16.3. The van der Waals surface area contributed by atoms with Crippen LogP contribution in [-0.2, 0) is 17.4 Å². The maximum atomic E-state index is 12.5. The molecule has 4 nitrogen and oxygen atoms in total. The van der Waals surface area contributed by atoms with Gasteiger partial charge in [-0.3, -0.25) is 4.79 Å². The molecule has 1 aromatic carbocycles. The number of hydrogen-bond acceptors (Lipinski definition) is 2. The fraction of sp³-hybridized carbons (Fsp3) is 0.125. The zero-order chi connectivity index (χ0) is 17.3. The van der Waals surface area contributed by atoms with Crippen molar-refractivity contribution in [1.82, 2.24) is 9.38 Å². The SMILES string of the molecule is O=C(Cc1c(Cl)ccc2nccn12)Nc1ccc(C(F)(F)F)cc1. The molecule has 0 fully saturated rings. The third kappa shape index (κ3) is 3.35. The predicted molar refractivity (Wildman–Crippen MR) is 84.0 cm³/mol. The molecule has 0 radical (unpaired) electrons. The highest BCUT2D eigenvalue weighted by molar-refractivity contribution is 6.31. The third-order valence-corrected chi connectivity index (χ3v) is 3.78. The van der Waals surface area contributed by atoms with Gasteiger partial charge in [0.05, 0.1) is 22.7 Å². The van der Waals surface area contributed by atoms with Crippen molar-refractivity contribution in [2.45, 2.75) is 12.6 Å². The van der Waals surface area contributed by atoms with Gasteiger partial charge in [0.2, 0.25) is 5.91 Å². The fourth-order valence-electron chi connectivity index (χ4n) is 2.29. The van der Waals surface area contributed by atoms with E-state index in [1.165, 1.54) is 12.1 Å². The summed E-state index contributed by atoms with van der Waals surface area (Å²) in [7, 11) is 0. The molecular formula is C16H11ClF3N3O. The Morgan fingerprint density at radius 1 is 1.17 bits per heavy atom. The van der Waals surface area contributed by atoms with Crippen LogP contribution in [-0.4, -0.2) is 15.3 Å². The first-order valence-electron chi connectivity index (χ1n) is 6.92. The van der Waals surface area contributed by atoms with E-state index in [1.807, 2.05) is 0 Å². The number of anilines is 1. The summed E-state index contributed by atoms with van der Waals surface area (Å²) in [5, 5.41) is 2.96. The van der Waals surface area contributed by atoms with Gasteiger partial charge in [-0.1, -0.05) is 11.6 Å². The minimum atomic E-state index is -4.41. The summed E-state index contributed by atoms with van der Waals surface area (Å²) in [6.45, 7) is 0. The average molecular weight is 354 g/mol. The molecule has 0 spiro atoms. The van der Waals surface area contributed by atoms with Crippen molar-refractivity contribution in [3.63, 3.8) is 0 Å². The monoisotopic (exact) mass is 353 g/mol. The number of amides is 1. The van der Waals surface area contributed by atoms with Crippen LogP contribution in [0.25, 0.3) is 5.65 Å². The summed E-state index contributed by atoms with van der Waals surface area (Å²) in [4.78, 5) is 16.3. The van der Waals surface area contributed by atoms with Crippen LogP contribution in [0, 0.1) is 0 Å². The molecule has 0 atom stereocenters. The van der Waals surface area contributed by atoms with E-state index >= 15 is 0 Å². The molecule has 3 aromatic rings. The number of aromatic nitrogens is 2. The lowest BCUT2D eigenvalue weighted by Crippen LogP contribution is -2.16. The zero-order valence-electron chi connectivity index (χ0n) is 12.1. The summed E-state index contributed by atoms with van der Waals surface area (Å²) < 4.78 is 39.3. The number of imidazole rings is 1. The smallest absolute Gasteiger partial charge is 0.326 e. The highest BCUT2D eigenvalue weighted by Crippen LogP contribution is 2.29. The summed E-state index contributed by atoms with van der Waals surface area (Å²) >= 11 is 6.12. The topological polar surface area (TPSA) is 46.4 Å². The molecule has 0 aliphatic heterocycles. The molecule has 0 unspecified atom stereocenters. The van der Waals surface area contributed by atoms with Crippen molar-refractivity contribution in [2.24, 2.45) is 0 Å². The van der Waals surface area contributed by atoms with Crippen molar-refractivity contribution in [1.29, 1.82) is 0 Å². The number of fused-ring (bicyclic) bond motifs is 1. The van der Waals surface area contributed by atoms with E-state index in [4.69, 9.17) is 11.6 Å². The second-order valence-electron chi connectivity index (χ2n) is 5.08. The second kappa shape index (κ2) is 6.16. The summed E-state index contributed by atoms with van der Waals surface area (Å²) in [6.07, 6.45) is -1.18. The molecule has 0 saturated carbocycles. The van der Waals surface area contributed by atoms with E-state index in [-0.39, 0.29) is 12.1 Å². The lowest BCUT2D eigenvalue weighted by Gasteiger charge is -2.10. The highest BCUT2D eigenvalue weighted by atomic mass is 35.5. The number of benzene rings is 1. The fourth-order valence-corrected chi connectivity index (χ4v) is 2.52. The quantitative estimate of drug-likeness (QED) is 0.767. The normalized spacial score (nSPS) is 11.7. The molecule has 0 bridgehead atoms. The van der Waals surface area contributed by atoms with Gasteiger partial charge in [-0.05, 0) is 36.4 Å². The van der Waals surface area contributed by atoms with Crippen molar-refractivity contribution in [2.75, 3.05) is 5.32 Å². The number of pyridine rings is 1. The second-order valence-corrected chi connectivity index (χ2v) is 5.49. The minimum absolute atomic E-state index is 0.0342. The van der Waals surface area contributed by atoms with Crippen LogP contribution < -0.4 is 5.32 Å². The Morgan fingerprint density at radius 3 is 2.54 bits per heavy atom. The van der Waals surface area contributed by atoms with Crippen LogP contribution in [0.15, 0.2) is 48.8 Å². The summed E-state index contributed by atoms with van der Waals surface area (Å²) in [5.74, 6) is -0.391. The number of alkyl halides is 3. The number of halogens is 4. The minimum Gasteiger partial charge on any atom is -0.326 e. The lowest BCUT2D eigenvalue weighted by molar-refractivity contribution is -0.137. The number of carbonyl (C=O) groups excluding carboxylic acids is 1. The Labute approximate surface area is 139 Å². The van der Waals surface area contributed by atoms with Crippen LogP contribution >= 0.6 is 11.6 Å². The van der Waals surface area contributed by atoms with Gasteiger partial charge in [-0.2, -0.15) is 13.2 Å². The molecular weight excluding hydrogens is 343 g/mol. The van der Waals surface area contributed by atoms with Gasteiger partial charge in [0.25, 0.3) is 0 Å². The maximum absolute atomic E-state index is 12.5. The van der Waals surface area contributed by atoms with Crippen molar-refractivity contribution >= 4 is 28.8 Å². The zero-order valence-corrected chi connectivity index (χ0v) is 12.9. The first-order chi connectivity index (χ1) is 11.3. The van der Waals surface area contributed by atoms with E-state index < -0.39 is 17.6 Å². The average Bonchev–Trinajstić information content (AvgIpc) is 2.98. The van der Waals surface area contributed by atoms with Gasteiger partial charge in [0, 0.05) is 18.1 Å². The molecule has 0 aliphatic rings. The Kier molecular flexibility index (Phi) is 4.19.